The van der Waals surface area contributed by atoms with E-state index in [1.54, 1.807) is 0 Å². The second-order valence-electron chi connectivity index (χ2n) is 6.46. The van der Waals surface area contributed by atoms with Gasteiger partial charge in [0.1, 0.15) is 6.10 Å². The van der Waals surface area contributed by atoms with E-state index in [0.717, 1.165) is 24.0 Å². The molecule has 0 spiro atoms. The van der Waals surface area contributed by atoms with E-state index in [0.29, 0.717) is 11.8 Å². The van der Waals surface area contributed by atoms with Gasteiger partial charge in [0.05, 0.1) is 0 Å². The number of hydrogen-bond acceptors (Lipinski definition) is 3. The molecule has 0 aliphatic heterocycles. The van der Waals surface area contributed by atoms with Crippen molar-refractivity contribution >= 4 is 17.3 Å². The summed E-state index contributed by atoms with van der Waals surface area (Å²) in [4.78, 5) is 24.0. The number of ether oxygens (including phenoxy) is 1. The quantitative estimate of drug-likeness (QED) is 0.783. The normalized spacial score (nSPS) is 36.5. The number of benzene rings is 1. The van der Waals surface area contributed by atoms with Crippen LogP contribution in [0.5, 0.6) is 0 Å². The van der Waals surface area contributed by atoms with E-state index in [1.807, 2.05) is 30.3 Å². The summed E-state index contributed by atoms with van der Waals surface area (Å²) in [5.74, 6) is 1.11. The number of esters is 1. The summed E-state index contributed by atoms with van der Waals surface area (Å²) < 4.78 is 5.43. The van der Waals surface area contributed by atoms with Crippen LogP contribution in [0.2, 0.25) is 0 Å². The molecule has 2 fully saturated rings. The van der Waals surface area contributed by atoms with E-state index in [1.165, 1.54) is 6.92 Å². The zero-order chi connectivity index (χ0) is 14.6. The molecule has 1 aromatic rings. The third-order valence-corrected chi connectivity index (χ3v) is 5.34. The van der Waals surface area contributed by atoms with E-state index in [2.05, 4.69) is 6.08 Å². The van der Waals surface area contributed by atoms with Crippen molar-refractivity contribution in [1.82, 2.24) is 0 Å². The highest BCUT2D eigenvalue weighted by Crippen LogP contribution is 2.58. The van der Waals surface area contributed by atoms with Crippen LogP contribution in [0.4, 0.5) is 0 Å². The first-order chi connectivity index (χ1) is 10.1. The van der Waals surface area contributed by atoms with Gasteiger partial charge in [-0.2, -0.15) is 0 Å². The fourth-order valence-electron chi connectivity index (χ4n) is 4.61. The fourth-order valence-corrected chi connectivity index (χ4v) is 4.61. The SMILES string of the molecule is CC(=O)O[C@@H]1C[C@@H]2C[C@H]1[C@H]1C(=O)C(c3ccccc3)=C[C@@H]21. The Kier molecular flexibility index (Phi) is 2.78. The van der Waals surface area contributed by atoms with Gasteiger partial charge in [0.15, 0.2) is 5.78 Å². The third kappa shape index (κ3) is 1.87. The maximum Gasteiger partial charge on any atom is 0.302 e. The van der Waals surface area contributed by atoms with Crippen LogP contribution in [0.1, 0.15) is 25.3 Å². The Bertz CT molecular complexity index is 631. The lowest BCUT2D eigenvalue weighted by Crippen LogP contribution is -2.35. The Labute approximate surface area is 124 Å². The van der Waals surface area contributed by atoms with Crippen molar-refractivity contribution < 1.29 is 14.3 Å². The van der Waals surface area contributed by atoms with Gasteiger partial charge in [-0.3, -0.25) is 9.59 Å². The maximum absolute atomic E-state index is 12.8. The smallest absolute Gasteiger partial charge is 0.302 e. The van der Waals surface area contributed by atoms with Crippen molar-refractivity contribution in [3.63, 3.8) is 0 Å². The molecule has 2 bridgehead atoms. The molecule has 0 radical (unpaired) electrons. The Hall–Kier alpha value is -1.90. The van der Waals surface area contributed by atoms with Crippen molar-refractivity contribution in [2.24, 2.45) is 23.7 Å². The molecular weight excluding hydrogens is 264 g/mol. The Morgan fingerprint density at radius 3 is 2.67 bits per heavy atom. The zero-order valence-electron chi connectivity index (χ0n) is 12.0. The van der Waals surface area contributed by atoms with Crippen LogP contribution in [0.15, 0.2) is 36.4 Å². The first kappa shape index (κ1) is 12.8. The van der Waals surface area contributed by atoms with Gasteiger partial charge in [-0.25, -0.2) is 0 Å². The number of carbonyl (C=O) groups excluding carboxylic acids is 2. The van der Waals surface area contributed by atoms with Gasteiger partial charge < -0.3 is 4.74 Å². The molecule has 108 valence electrons. The van der Waals surface area contributed by atoms with Gasteiger partial charge in [-0.1, -0.05) is 36.4 Å². The second kappa shape index (κ2) is 4.55. The lowest BCUT2D eigenvalue weighted by Gasteiger charge is -2.29. The molecule has 0 unspecified atom stereocenters. The van der Waals surface area contributed by atoms with E-state index < -0.39 is 0 Å². The van der Waals surface area contributed by atoms with E-state index in [4.69, 9.17) is 4.74 Å². The highest BCUT2D eigenvalue weighted by atomic mass is 16.5. The number of fused-ring (bicyclic) bond motifs is 5. The van der Waals surface area contributed by atoms with Crippen LogP contribution < -0.4 is 0 Å². The minimum absolute atomic E-state index is 0.0308. The molecule has 5 atom stereocenters. The van der Waals surface area contributed by atoms with E-state index in [-0.39, 0.29) is 29.7 Å². The number of Topliss-reactive ketones (excluding diaryl/α,β-unsaturated/α-hetero) is 1. The number of carbonyl (C=O) groups is 2. The van der Waals surface area contributed by atoms with Crippen LogP contribution in [0, 0.1) is 23.7 Å². The van der Waals surface area contributed by atoms with Crippen LogP contribution >= 0.6 is 0 Å². The van der Waals surface area contributed by atoms with Gasteiger partial charge in [-0.15, -0.1) is 0 Å². The standard InChI is InChI=1S/C18H18O3/c1-10(19)21-16-8-12-7-15(16)17-13(12)9-14(18(17)20)11-5-3-2-4-6-11/h2-6,9,12-13,15-17H,7-8H2,1H3/t12-,13-,15+,16+,17-/m0/s1. The first-order valence-electron chi connectivity index (χ1n) is 7.64. The molecule has 3 nitrogen and oxygen atoms in total. The minimum Gasteiger partial charge on any atom is -0.462 e. The van der Waals surface area contributed by atoms with E-state index >= 15 is 0 Å². The van der Waals surface area contributed by atoms with Gasteiger partial charge >= 0.3 is 5.97 Å². The Morgan fingerprint density at radius 2 is 1.95 bits per heavy atom. The first-order valence-corrected chi connectivity index (χ1v) is 7.64. The molecule has 0 heterocycles. The average Bonchev–Trinajstić information content (AvgIpc) is 3.11. The summed E-state index contributed by atoms with van der Waals surface area (Å²) >= 11 is 0. The maximum atomic E-state index is 12.8. The molecule has 3 aliphatic carbocycles. The van der Waals surface area contributed by atoms with Crippen LogP contribution in [-0.2, 0) is 14.3 Å². The van der Waals surface area contributed by atoms with Gasteiger partial charge in [-0.05, 0) is 30.2 Å². The van der Waals surface area contributed by atoms with Gasteiger partial charge in [0, 0.05) is 24.3 Å². The summed E-state index contributed by atoms with van der Waals surface area (Å²) in [5, 5.41) is 0. The van der Waals surface area contributed by atoms with Crippen LogP contribution in [0.25, 0.3) is 5.57 Å². The Morgan fingerprint density at radius 1 is 1.19 bits per heavy atom. The molecule has 0 saturated heterocycles. The molecule has 3 heteroatoms. The second-order valence-corrected chi connectivity index (χ2v) is 6.46. The highest BCUT2D eigenvalue weighted by Gasteiger charge is 2.58. The Balaban J connectivity index is 1.62. The molecule has 2 saturated carbocycles. The molecule has 0 amide bonds. The van der Waals surface area contributed by atoms with Gasteiger partial charge in [0.25, 0.3) is 0 Å². The van der Waals surface area contributed by atoms with E-state index in [9.17, 15) is 9.59 Å². The predicted molar refractivity (Wildman–Crippen MR) is 78.2 cm³/mol. The summed E-state index contributed by atoms with van der Waals surface area (Å²) in [5.41, 5.74) is 1.88. The monoisotopic (exact) mass is 282 g/mol. The van der Waals surface area contributed by atoms with Crippen LogP contribution in [0.3, 0.4) is 0 Å². The predicted octanol–water partition coefficient (Wildman–Crippen LogP) is 2.86. The molecule has 0 aromatic heterocycles. The highest BCUT2D eigenvalue weighted by molar-refractivity contribution is 6.24. The lowest BCUT2D eigenvalue weighted by atomic mass is 9.79. The van der Waals surface area contributed by atoms with Crippen molar-refractivity contribution in [2.75, 3.05) is 0 Å². The summed E-state index contributed by atoms with van der Waals surface area (Å²) in [6.45, 7) is 1.45. The van der Waals surface area contributed by atoms with Crippen molar-refractivity contribution in [3.05, 3.63) is 42.0 Å². The minimum atomic E-state index is -0.231. The zero-order valence-corrected chi connectivity index (χ0v) is 12.0. The van der Waals surface area contributed by atoms with Crippen molar-refractivity contribution in [3.8, 4) is 0 Å². The summed E-state index contributed by atoms with van der Waals surface area (Å²) in [6.07, 6.45) is 4.06. The number of ketones is 1. The molecular formula is C18H18O3. The third-order valence-electron chi connectivity index (χ3n) is 5.34. The van der Waals surface area contributed by atoms with Crippen molar-refractivity contribution in [1.29, 1.82) is 0 Å². The number of hydrogen-bond donors (Lipinski definition) is 0. The number of allylic oxidation sites excluding steroid dienone is 2. The topological polar surface area (TPSA) is 43.4 Å². The largest absolute Gasteiger partial charge is 0.462 e. The van der Waals surface area contributed by atoms with Crippen LogP contribution in [-0.4, -0.2) is 17.9 Å². The van der Waals surface area contributed by atoms with Gasteiger partial charge in [0.2, 0.25) is 0 Å². The molecule has 4 rings (SSSR count). The molecule has 0 N–H and O–H groups in total. The van der Waals surface area contributed by atoms with Crippen molar-refractivity contribution in [2.45, 2.75) is 25.9 Å². The number of rotatable bonds is 2. The fraction of sp³-hybridized carbons (Fsp3) is 0.444. The lowest BCUT2D eigenvalue weighted by molar-refractivity contribution is -0.151. The molecule has 21 heavy (non-hydrogen) atoms. The summed E-state index contributed by atoms with van der Waals surface area (Å²) in [6, 6.07) is 9.89. The summed E-state index contributed by atoms with van der Waals surface area (Å²) in [7, 11) is 0. The molecule has 1 aromatic carbocycles. The average molecular weight is 282 g/mol. The molecule has 3 aliphatic rings.